The van der Waals surface area contributed by atoms with Crippen LogP contribution in [0.3, 0.4) is 0 Å². The van der Waals surface area contributed by atoms with E-state index < -0.39 is 10.0 Å². The Kier molecular flexibility index (Phi) is 8.33. The molecule has 3 aromatic rings. The van der Waals surface area contributed by atoms with Crippen LogP contribution in [0.5, 0.6) is 5.75 Å². The van der Waals surface area contributed by atoms with Crippen molar-refractivity contribution in [2.75, 3.05) is 38.7 Å². The predicted octanol–water partition coefficient (Wildman–Crippen LogP) is 1.46. The van der Waals surface area contributed by atoms with Gasteiger partial charge in [0.05, 0.1) is 13.7 Å². The number of hydrogen-bond acceptors (Lipinski definition) is 9. The molecule has 3 rings (SSSR count). The molecule has 32 heavy (non-hydrogen) atoms. The number of benzene rings is 1. The van der Waals surface area contributed by atoms with Crippen LogP contribution in [0.1, 0.15) is 19.7 Å². The number of para-hydroxylation sites is 1. The second-order valence-corrected chi connectivity index (χ2v) is 8.36. The van der Waals surface area contributed by atoms with Gasteiger partial charge in [-0.1, -0.05) is 12.1 Å². The SMILES string of the molecule is CCOC(CNc1ccc2nnc(CCNS(=O)(=O)c3ccccc3OC)n2n1)OCC. The van der Waals surface area contributed by atoms with E-state index in [1.807, 2.05) is 13.8 Å². The van der Waals surface area contributed by atoms with E-state index >= 15 is 0 Å². The molecule has 0 saturated heterocycles. The summed E-state index contributed by atoms with van der Waals surface area (Å²) >= 11 is 0. The molecule has 0 atom stereocenters. The molecule has 2 heterocycles. The number of sulfonamides is 1. The summed E-state index contributed by atoms with van der Waals surface area (Å²) in [5, 5.41) is 15.9. The Hall–Kier alpha value is -2.80. The lowest BCUT2D eigenvalue weighted by Crippen LogP contribution is -2.27. The maximum Gasteiger partial charge on any atom is 0.244 e. The van der Waals surface area contributed by atoms with Crippen molar-refractivity contribution >= 4 is 21.5 Å². The zero-order valence-corrected chi connectivity index (χ0v) is 19.1. The summed E-state index contributed by atoms with van der Waals surface area (Å²) in [6.45, 7) is 5.44. The van der Waals surface area contributed by atoms with E-state index in [0.717, 1.165) is 0 Å². The molecule has 12 heteroatoms. The first-order valence-electron chi connectivity index (χ1n) is 10.3. The van der Waals surface area contributed by atoms with E-state index in [1.165, 1.54) is 13.2 Å². The minimum Gasteiger partial charge on any atom is -0.495 e. The van der Waals surface area contributed by atoms with Crippen LogP contribution in [-0.2, 0) is 25.9 Å². The highest BCUT2D eigenvalue weighted by Gasteiger charge is 2.19. The van der Waals surface area contributed by atoms with Gasteiger partial charge in [-0.15, -0.1) is 15.3 Å². The normalized spacial score (nSPS) is 11.9. The van der Waals surface area contributed by atoms with Crippen LogP contribution in [0.25, 0.3) is 5.65 Å². The van der Waals surface area contributed by atoms with Crippen molar-refractivity contribution in [1.82, 2.24) is 24.5 Å². The number of fused-ring (bicyclic) bond motifs is 1. The van der Waals surface area contributed by atoms with Crippen molar-refractivity contribution in [2.45, 2.75) is 31.5 Å². The highest BCUT2D eigenvalue weighted by atomic mass is 32.2. The van der Waals surface area contributed by atoms with Crippen molar-refractivity contribution in [1.29, 1.82) is 0 Å². The van der Waals surface area contributed by atoms with Crippen LogP contribution < -0.4 is 14.8 Å². The van der Waals surface area contributed by atoms with E-state index in [1.54, 1.807) is 34.8 Å². The first-order chi connectivity index (χ1) is 15.5. The molecular formula is C20H28N6O5S. The Labute approximate surface area is 187 Å². The maximum atomic E-state index is 12.6. The molecule has 0 aliphatic carbocycles. The smallest absolute Gasteiger partial charge is 0.244 e. The van der Waals surface area contributed by atoms with Gasteiger partial charge >= 0.3 is 0 Å². The van der Waals surface area contributed by atoms with E-state index in [-0.39, 0.29) is 23.5 Å². The molecule has 0 radical (unpaired) electrons. The van der Waals surface area contributed by atoms with Gasteiger partial charge in [-0.2, -0.15) is 4.52 Å². The standard InChI is InChI=1S/C20H28N6O5S/c1-4-30-20(31-5-2)14-21-17-10-11-18-23-24-19(26(18)25-17)12-13-22-32(27,28)16-9-7-6-8-15(16)29-3/h6-11,20,22H,4-5,12-14H2,1-3H3,(H,21,25). The fourth-order valence-corrected chi connectivity index (χ4v) is 4.23. The summed E-state index contributed by atoms with van der Waals surface area (Å²) in [7, 11) is -2.31. The molecule has 0 aliphatic heterocycles. The minimum absolute atomic E-state index is 0.0800. The Balaban J connectivity index is 1.65. The fourth-order valence-electron chi connectivity index (χ4n) is 3.02. The topological polar surface area (TPSA) is 129 Å². The summed E-state index contributed by atoms with van der Waals surface area (Å²) in [4.78, 5) is 0.0800. The van der Waals surface area contributed by atoms with Crippen LogP contribution in [-0.4, -0.2) is 67.9 Å². The van der Waals surface area contributed by atoms with E-state index in [4.69, 9.17) is 14.2 Å². The number of ether oxygens (including phenoxy) is 3. The number of hydrogen-bond donors (Lipinski definition) is 2. The molecule has 2 N–H and O–H groups in total. The van der Waals surface area contributed by atoms with Crippen molar-refractivity contribution in [3.05, 3.63) is 42.2 Å². The third kappa shape index (κ3) is 5.91. The van der Waals surface area contributed by atoms with Crippen LogP contribution in [0.15, 0.2) is 41.3 Å². The summed E-state index contributed by atoms with van der Waals surface area (Å²) in [5.41, 5.74) is 0.560. The zero-order valence-electron chi connectivity index (χ0n) is 18.3. The number of anilines is 1. The molecule has 0 spiro atoms. The number of nitrogens with zero attached hydrogens (tertiary/aromatic N) is 4. The first-order valence-corrected chi connectivity index (χ1v) is 11.8. The summed E-state index contributed by atoms with van der Waals surface area (Å²) in [6, 6.07) is 10.0. The third-order valence-electron chi connectivity index (χ3n) is 4.48. The maximum absolute atomic E-state index is 12.6. The van der Waals surface area contributed by atoms with Gasteiger partial charge in [0, 0.05) is 26.2 Å². The average molecular weight is 465 g/mol. The van der Waals surface area contributed by atoms with Crippen molar-refractivity contribution in [3.63, 3.8) is 0 Å². The van der Waals surface area contributed by atoms with Crippen molar-refractivity contribution in [2.24, 2.45) is 0 Å². The highest BCUT2D eigenvalue weighted by Crippen LogP contribution is 2.22. The Morgan fingerprint density at radius 3 is 2.53 bits per heavy atom. The molecule has 0 aliphatic rings. The van der Waals surface area contributed by atoms with Gasteiger partial charge in [-0.25, -0.2) is 13.1 Å². The number of methoxy groups -OCH3 is 1. The lowest BCUT2D eigenvalue weighted by atomic mass is 10.3. The Morgan fingerprint density at radius 1 is 1.06 bits per heavy atom. The lowest BCUT2D eigenvalue weighted by molar-refractivity contribution is -0.126. The van der Waals surface area contributed by atoms with E-state index in [0.29, 0.717) is 43.5 Å². The van der Waals surface area contributed by atoms with E-state index in [2.05, 4.69) is 25.3 Å². The van der Waals surface area contributed by atoms with Gasteiger partial charge in [0.2, 0.25) is 10.0 Å². The fraction of sp³-hybridized carbons (Fsp3) is 0.450. The number of aromatic nitrogens is 4. The molecule has 0 bridgehead atoms. The molecular weight excluding hydrogens is 436 g/mol. The minimum atomic E-state index is -3.74. The summed E-state index contributed by atoms with van der Waals surface area (Å²) in [6.07, 6.45) is -0.0840. The van der Waals surface area contributed by atoms with Crippen LogP contribution in [0.2, 0.25) is 0 Å². The monoisotopic (exact) mass is 464 g/mol. The average Bonchev–Trinajstić information content (AvgIpc) is 3.20. The van der Waals surface area contributed by atoms with Gasteiger partial charge in [-0.3, -0.25) is 0 Å². The van der Waals surface area contributed by atoms with Crippen molar-refractivity contribution < 1.29 is 22.6 Å². The predicted molar refractivity (Wildman–Crippen MR) is 118 cm³/mol. The molecule has 0 amide bonds. The molecule has 0 unspecified atom stereocenters. The van der Waals surface area contributed by atoms with Crippen LogP contribution in [0, 0.1) is 0 Å². The van der Waals surface area contributed by atoms with Gasteiger partial charge in [-0.05, 0) is 38.1 Å². The summed E-state index contributed by atoms with van der Waals surface area (Å²) < 4.78 is 45.6. The molecule has 0 fully saturated rings. The van der Waals surface area contributed by atoms with Gasteiger partial charge in [0.15, 0.2) is 17.8 Å². The van der Waals surface area contributed by atoms with Gasteiger partial charge in [0.25, 0.3) is 0 Å². The molecule has 0 saturated carbocycles. The zero-order chi connectivity index (χ0) is 23.0. The summed E-state index contributed by atoms with van der Waals surface area (Å²) in [5.74, 6) is 1.40. The Morgan fingerprint density at radius 2 is 1.81 bits per heavy atom. The quantitative estimate of drug-likeness (QED) is 0.361. The van der Waals surface area contributed by atoms with Crippen molar-refractivity contribution in [3.8, 4) is 5.75 Å². The molecule has 1 aromatic carbocycles. The lowest BCUT2D eigenvalue weighted by Gasteiger charge is -2.17. The van der Waals surface area contributed by atoms with E-state index in [9.17, 15) is 8.42 Å². The third-order valence-corrected chi connectivity index (χ3v) is 5.98. The van der Waals surface area contributed by atoms with Crippen LogP contribution in [0.4, 0.5) is 5.82 Å². The molecule has 2 aromatic heterocycles. The Bertz CT molecular complexity index is 1110. The highest BCUT2D eigenvalue weighted by molar-refractivity contribution is 7.89. The number of nitrogens with one attached hydrogen (secondary N) is 2. The number of rotatable bonds is 13. The van der Waals surface area contributed by atoms with Gasteiger partial charge in [0.1, 0.15) is 16.5 Å². The van der Waals surface area contributed by atoms with Gasteiger partial charge < -0.3 is 19.5 Å². The second-order valence-electron chi connectivity index (χ2n) is 6.62. The van der Waals surface area contributed by atoms with Crippen LogP contribution >= 0.6 is 0 Å². The second kappa shape index (κ2) is 11.2. The first kappa shape index (κ1) is 23.9. The molecule has 11 nitrogen and oxygen atoms in total. The largest absolute Gasteiger partial charge is 0.495 e. The molecule has 174 valence electrons.